The highest BCUT2D eigenvalue weighted by atomic mass is 16.5. The van der Waals surface area contributed by atoms with Gasteiger partial charge in [-0.3, -0.25) is 9.59 Å². The molecule has 1 aromatic carbocycles. The highest BCUT2D eigenvalue weighted by Crippen LogP contribution is 2.36. The quantitative estimate of drug-likeness (QED) is 0.862. The topological polar surface area (TPSA) is 79.3 Å². The number of phenolic OH excluding ortho intramolecular Hbond substituents is 1. The van der Waals surface area contributed by atoms with Crippen LogP contribution >= 0.6 is 0 Å². The summed E-state index contributed by atoms with van der Waals surface area (Å²) in [5, 5.41) is 9.55. The molecule has 3 aliphatic heterocycles. The lowest BCUT2D eigenvalue weighted by atomic mass is 9.84. The molecule has 1 N–H and O–H groups in total. The van der Waals surface area contributed by atoms with E-state index < -0.39 is 0 Å². The molecule has 1 atom stereocenters. The molecule has 146 valence electrons. The highest BCUT2D eigenvalue weighted by molar-refractivity contribution is 5.95. The molecule has 0 aromatic heterocycles. The van der Waals surface area contributed by atoms with Crippen LogP contribution in [0.3, 0.4) is 0 Å². The fourth-order valence-corrected chi connectivity index (χ4v) is 4.21. The summed E-state index contributed by atoms with van der Waals surface area (Å²) in [6.07, 6.45) is 3.62. The van der Waals surface area contributed by atoms with E-state index in [9.17, 15) is 14.7 Å². The van der Waals surface area contributed by atoms with Gasteiger partial charge in [-0.2, -0.15) is 0 Å². The number of rotatable bonds is 4. The minimum absolute atomic E-state index is 0.0108. The summed E-state index contributed by atoms with van der Waals surface area (Å²) in [6.45, 7) is 3.42. The lowest BCUT2D eigenvalue weighted by Gasteiger charge is -2.53. The standard InChI is InChI=1S/C20H26N2O5/c23-16-5-3-4-15(10-16)19(25)22-13-20(14-22)11-17(6-9-27-20)26-12-18(24)21-7-1-2-8-21/h3-5,10,17,23H,1-2,6-9,11-14H2/t17-/m0/s1. The molecule has 1 aromatic rings. The van der Waals surface area contributed by atoms with Crippen molar-refractivity contribution in [3.8, 4) is 5.75 Å². The van der Waals surface area contributed by atoms with Crippen LogP contribution in [0, 0.1) is 0 Å². The summed E-state index contributed by atoms with van der Waals surface area (Å²) in [6, 6.07) is 6.38. The number of hydrogen-bond donors (Lipinski definition) is 1. The minimum Gasteiger partial charge on any atom is -0.508 e. The summed E-state index contributed by atoms with van der Waals surface area (Å²) in [5.74, 6) is 0.0517. The largest absolute Gasteiger partial charge is 0.508 e. The smallest absolute Gasteiger partial charge is 0.254 e. The van der Waals surface area contributed by atoms with Gasteiger partial charge < -0.3 is 24.4 Å². The molecule has 0 radical (unpaired) electrons. The first-order valence-corrected chi connectivity index (χ1v) is 9.66. The second-order valence-electron chi connectivity index (χ2n) is 7.76. The molecule has 7 nitrogen and oxygen atoms in total. The summed E-state index contributed by atoms with van der Waals surface area (Å²) < 4.78 is 11.8. The Hall–Kier alpha value is -2.12. The first-order chi connectivity index (χ1) is 13.0. The summed E-state index contributed by atoms with van der Waals surface area (Å²) in [7, 11) is 0. The van der Waals surface area contributed by atoms with Crippen LogP contribution < -0.4 is 0 Å². The van der Waals surface area contributed by atoms with Gasteiger partial charge in [0.25, 0.3) is 5.91 Å². The molecular formula is C20H26N2O5. The predicted octanol–water partition coefficient (Wildman–Crippen LogP) is 1.40. The average Bonchev–Trinajstić information content (AvgIpc) is 3.18. The molecule has 1 spiro atoms. The number of nitrogens with zero attached hydrogens (tertiary/aromatic N) is 2. The number of phenols is 1. The number of likely N-dealkylation sites (tertiary alicyclic amines) is 2. The van der Waals surface area contributed by atoms with Crippen LogP contribution in [0.5, 0.6) is 5.75 Å². The average molecular weight is 374 g/mol. The first kappa shape index (κ1) is 18.3. The number of benzene rings is 1. The van der Waals surface area contributed by atoms with E-state index >= 15 is 0 Å². The third kappa shape index (κ3) is 3.94. The van der Waals surface area contributed by atoms with Gasteiger partial charge in [-0.25, -0.2) is 0 Å². The number of ether oxygens (including phenoxy) is 2. The van der Waals surface area contributed by atoms with Crippen molar-refractivity contribution in [2.24, 2.45) is 0 Å². The van der Waals surface area contributed by atoms with E-state index in [0.717, 1.165) is 32.4 Å². The molecule has 3 fully saturated rings. The van der Waals surface area contributed by atoms with Gasteiger partial charge in [0.15, 0.2) is 0 Å². The molecule has 4 rings (SSSR count). The van der Waals surface area contributed by atoms with Crippen molar-refractivity contribution in [1.82, 2.24) is 9.80 Å². The van der Waals surface area contributed by atoms with Crippen LogP contribution in [0.2, 0.25) is 0 Å². The van der Waals surface area contributed by atoms with Gasteiger partial charge in [-0.15, -0.1) is 0 Å². The van der Waals surface area contributed by atoms with Gasteiger partial charge in [0.1, 0.15) is 18.0 Å². The molecule has 3 heterocycles. The van der Waals surface area contributed by atoms with Crippen molar-refractivity contribution in [2.45, 2.75) is 37.4 Å². The van der Waals surface area contributed by atoms with Gasteiger partial charge in [-0.1, -0.05) is 6.07 Å². The second kappa shape index (κ2) is 7.48. The maximum atomic E-state index is 12.5. The fourth-order valence-electron chi connectivity index (χ4n) is 4.21. The SMILES string of the molecule is O=C(CO[C@H]1CCOC2(C1)CN(C(=O)c1cccc(O)c1)C2)N1CCCC1. The zero-order chi connectivity index (χ0) is 18.9. The number of carbonyl (C=O) groups is 2. The molecule has 0 aliphatic carbocycles. The van der Waals surface area contributed by atoms with Gasteiger partial charge in [0.05, 0.1) is 19.2 Å². The van der Waals surface area contributed by atoms with Crippen molar-refractivity contribution in [2.75, 3.05) is 39.4 Å². The lowest BCUT2D eigenvalue weighted by molar-refractivity contribution is -0.188. The van der Waals surface area contributed by atoms with E-state index in [1.165, 1.54) is 6.07 Å². The van der Waals surface area contributed by atoms with Crippen LogP contribution in [0.4, 0.5) is 0 Å². The first-order valence-electron chi connectivity index (χ1n) is 9.66. The van der Waals surface area contributed by atoms with E-state index in [1.54, 1.807) is 23.1 Å². The minimum atomic E-state index is -0.369. The number of hydrogen-bond acceptors (Lipinski definition) is 5. The molecule has 27 heavy (non-hydrogen) atoms. The van der Waals surface area contributed by atoms with E-state index in [1.807, 2.05) is 4.90 Å². The van der Waals surface area contributed by atoms with Crippen LogP contribution in [0.15, 0.2) is 24.3 Å². The van der Waals surface area contributed by atoms with Gasteiger partial charge >= 0.3 is 0 Å². The van der Waals surface area contributed by atoms with Crippen molar-refractivity contribution in [3.05, 3.63) is 29.8 Å². The maximum absolute atomic E-state index is 12.5. The summed E-state index contributed by atoms with van der Waals surface area (Å²) in [5.41, 5.74) is 0.108. The Labute approximate surface area is 158 Å². The van der Waals surface area contributed by atoms with Crippen LogP contribution in [0.1, 0.15) is 36.0 Å². The third-order valence-corrected chi connectivity index (χ3v) is 5.69. The molecule has 0 saturated carbocycles. The van der Waals surface area contributed by atoms with Crippen LogP contribution in [0.25, 0.3) is 0 Å². The van der Waals surface area contributed by atoms with Gasteiger partial charge in [-0.05, 0) is 37.5 Å². The van der Waals surface area contributed by atoms with Crippen molar-refractivity contribution < 1.29 is 24.2 Å². The van der Waals surface area contributed by atoms with Crippen LogP contribution in [-0.4, -0.2) is 77.8 Å². The van der Waals surface area contributed by atoms with E-state index in [-0.39, 0.29) is 35.9 Å². The molecule has 3 saturated heterocycles. The van der Waals surface area contributed by atoms with E-state index in [4.69, 9.17) is 9.47 Å². The molecule has 0 unspecified atom stereocenters. The molecule has 3 aliphatic rings. The Morgan fingerprint density at radius 2 is 2.00 bits per heavy atom. The lowest BCUT2D eigenvalue weighted by Crippen LogP contribution is -2.67. The second-order valence-corrected chi connectivity index (χ2v) is 7.76. The molecule has 2 amide bonds. The Morgan fingerprint density at radius 1 is 1.22 bits per heavy atom. The Bertz CT molecular complexity index is 710. The predicted molar refractivity (Wildman–Crippen MR) is 97.5 cm³/mol. The Balaban J connectivity index is 1.27. The van der Waals surface area contributed by atoms with Gasteiger partial charge in [0, 0.05) is 31.7 Å². The number of aromatic hydroxyl groups is 1. The highest BCUT2D eigenvalue weighted by Gasteiger charge is 2.49. The molecule has 0 bridgehead atoms. The van der Waals surface area contributed by atoms with Crippen molar-refractivity contribution >= 4 is 11.8 Å². The van der Waals surface area contributed by atoms with E-state index in [0.29, 0.717) is 31.7 Å². The molecular weight excluding hydrogens is 348 g/mol. The van der Waals surface area contributed by atoms with Crippen molar-refractivity contribution in [3.63, 3.8) is 0 Å². The zero-order valence-electron chi connectivity index (χ0n) is 15.4. The Morgan fingerprint density at radius 3 is 2.74 bits per heavy atom. The van der Waals surface area contributed by atoms with E-state index in [2.05, 4.69) is 0 Å². The fraction of sp³-hybridized carbons (Fsp3) is 0.600. The summed E-state index contributed by atoms with van der Waals surface area (Å²) in [4.78, 5) is 28.3. The number of amides is 2. The number of carbonyl (C=O) groups excluding carboxylic acids is 2. The van der Waals surface area contributed by atoms with Gasteiger partial charge in [0.2, 0.25) is 5.91 Å². The van der Waals surface area contributed by atoms with Crippen molar-refractivity contribution in [1.29, 1.82) is 0 Å². The molecule has 7 heteroatoms. The third-order valence-electron chi connectivity index (χ3n) is 5.69. The zero-order valence-corrected chi connectivity index (χ0v) is 15.4. The Kier molecular flexibility index (Phi) is 5.06. The van der Waals surface area contributed by atoms with Crippen LogP contribution in [-0.2, 0) is 14.3 Å². The summed E-state index contributed by atoms with van der Waals surface area (Å²) >= 11 is 0. The normalized spacial score (nSPS) is 24.1. The maximum Gasteiger partial charge on any atom is 0.254 e. The monoisotopic (exact) mass is 374 g/mol.